The molecule has 0 radical (unpaired) electrons. The second-order valence-corrected chi connectivity index (χ2v) is 13.6. The number of hydrogen-bond donors (Lipinski definition) is 6. The van der Waals surface area contributed by atoms with E-state index in [1.807, 2.05) is 31.2 Å². The Morgan fingerprint density at radius 1 is 1.07 bits per heavy atom. The van der Waals surface area contributed by atoms with Gasteiger partial charge < -0.3 is 31.5 Å². The fourth-order valence-electron chi connectivity index (χ4n) is 8.83. The molecule has 0 heterocycles. The number of phenolic OH excluding ortho intramolecular Hbond substituents is 1. The van der Waals surface area contributed by atoms with E-state index in [9.17, 15) is 39.6 Å². The molecule has 2 aromatic rings. The molecule has 0 bridgehead atoms. The lowest BCUT2D eigenvalue weighted by atomic mass is 9.39. The molecule has 3 aliphatic carbocycles. The summed E-state index contributed by atoms with van der Waals surface area (Å²) in [5.41, 5.74) is 3.54. The number of fused-ring (bicyclic) bond motifs is 3. The number of nitrogens with two attached hydrogens (primary N) is 1. The molecule has 8 atom stereocenters. The van der Waals surface area contributed by atoms with Crippen molar-refractivity contribution in [3.8, 4) is 16.9 Å². The fourth-order valence-corrected chi connectivity index (χ4v) is 8.83. The molecule has 10 nitrogen and oxygen atoms in total. The van der Waals surface area contributed by atoms with Crippen molar-refractivity contribution in [3.63, 3.8) is 0 Å². The van der Waals surface area contributed by atoms with E-state index in [2.05, 4.69) is 5.32 Å². The van der Waals surface area contributed by atoms with Crippen LogP contribution in [0.2, 0.25) is 0 Å². The van der Waals surface area contributed by atoms with Crippen LogP contribution in [0.15, 0.2) is 36.4 Å². The number of carbonyl (C=O) groups is 4. The van der Waals surface area contributed by atoms with Crippen LogP contribution in [0.5, 0.6) is 5.75 Å². The van der Waals surface area contributed by atoms with Crippen molar-refractivity contribution in [2.24, 2.45) is 40.2 Å². The molecule has 5 rings (SSSR count). The molecule has 0 aromatic heterocycles. The van der Waals surface area contributed by atoms with Gasteiger partial charge in [0.15, 0.2) is 17.2 Å². The van der Waals surface area contributed by atoms with E-state index in [4.69, 9.17) is 5.73 Å². The maximum absolute atomic E-state index is 14.3. The maximum Gasteiger partial charge on any atom is 0.230 e. The first-order valence-electron chi connectivity index (χ1n) is 14.6. The van der Waals surface area contributed by atoms with Gasteiger partial charge in [0, 0.05) is 18.9 Å². The van der Waals surface area contributed by atoms with Crippen LogP contribution >= 0.6 is 0 Å². The Morgan fingerprint density at radius 2 is 1.70 bits per heavy atom. The Morgan fingerprint density at radius 3 is 2.26 bits per heavy atom. The zero-order chi connectivity index (χ0) is 31.8. The maximum atomic E-state index is 14.3. The van der Waals surface area contributed by atoms with Gasteiger partial charge in [0.2, 0.25) is 11.8 Å². The molecule has 2 saturated carbocycles. The van der Waals surface area contributed by atoms with E-state index in [1.165, 1.54) is 13.0 Å². The molecule has 0 spiro atoms. The zero-order valence-corrected chi connectivity index (χ0v) is 25.0. The minimum atomic E-state index is -2.55. The summed E-state index contributed by atoms with van der Waals surface area (Å²) in [6.07, 6.45) is -3.10. The van der Waals surface area contributed by atoms with Crippen molar-refractivity contribution in [1.29, 1.82) is 0 Å². The number of rotatable bonds is 5. The second kappa shape index (κ2) is 10.2. The number of aliphatic hydroxyl groups is 3. The Hall–Kier alpha value is -3.60. The molecule has 2 unspecified atom stereocenters. The Balaban J connectivity index is 1.65. The van der Waals surface area contributed by atoms with Gasteiger partial charge in [-0.05, 0) is 58.4 Å². The number of primary amides is 1. The summed E-state index contributed by atoms with van der Waals surface area (Å²) < 4.78 is 0. The third-order valence-electron chi connectivity index (χ3n) is 10.5. The number of ketones is 2. The van der Waals surface area contributed by atoms with Gasteiger partial charge in [0.05, 0.1) is 17.6 Å². The molecule has 10 heteroatoms. The predicted molar refractivity (Wildman–Crippen MR) is 156 cm³/mol. The molecule has 2 aromatic carbocycles. The highest BCUT2D eigenvalue weighted by atomic mass is 16.4. The minimum absolute atomic E-state index is 0.0173. The SMILES string of the molecule is CC(=O)NCc1ccc(-c2ccc(O)c3c2C[C@]2(C)C[C@]4(C)[C@@H](C(C)C)C(O)[C@@H](C(N)=O)C(=O)[C@]4(O)C(O)[C@H]2C3=O)cc1. The van der Waals surface area contributed by atoms with Gasteiger partial charge in [0.25, 0.3) is 0 Å². The number of amides is 2. The van der Waals surface area contributed by atoms with Gasteiger partial charge >= 0.3 is 0 Å². The van der Waals surface area contributed by atoms with Crippen LogP contribution in [0.4, 0.5) is 0 Å². The number of Topliss-reactive ketones (excluding diaryl/α,β-unsaturated/α-hetero) is 2. The fraction of sp³-hybridized carbons (Fsp3) is 0.515. The van der Waals surface area contributed by atoms with E-state index in [0.717, 1.165) is 11.1 Å². The normalized spacial score (nSPS) is 35.1. The van der Waals surface area contributed by atoms with Gasteiger partial charge in [-0.1, -0.05) is 58.0 Å². The van der Waals surface area contributed by atoms with Crippen LogP contribution in [0.25, 0.3) is 11.1 Å². The summed E-state index contributed by atoms with van der Waals surface area (Å²) in [6, 6.07) is 10.6. The molecule has 230 valence electrons. The third kappa shape index (κ3) is 4.33. The first-order valence-corrected chi connectivity index (χ1v) is 14.6. The zero-order valence-electron chi connectivity index (χ0n) is 25.0. The monoisotopic (exact) mass is 592 g/mol. The summed E-state index contributed by atoms with van der Waals surface area (Å²) in [5, 5.41) is 49.1. The number of aromatic hydroxyl groups is 1. The van der Waals surface area contributed by atoms with Crippen molar-refractivity contribution >= 4 is 23.4 Å². The van der Waals surface area contributed by atoms with Gasteiger partial charge in [-0.3, -0.25) is 19.2 Å². The standard InChI is InChI=1S/C33H40N2O8/c1-15(2)24-27(39)23(30(34)42)28(40)33(43)29(41)25-26(38)22-20(12-31(25,4)14-32(24,33)5)19(10-11-21(22)37)18-8-6-17(7-9-18)13-35-16(3)36/h6-11,15,23-25,27,29,37,39,41,43H,12-14H2,1-5H3,(H2,34,42)(H,35,36)/t23-,24+,25-,27?,29?,31-,32-,33+/m1/s1. The van der Waals surface area contributed by atoms with Gasteiger partial charge in [-0.25, -0.2) is 0 Å². The molecule has 0 saturated heterocycles. The topological polar surface area (TPSA) is 187 Å². The lowest BCUT2D eigenvalue weighted by molar-refractivity contribution is -0.265. The molecule has 2 amide bonds. The highest BCUT2D eigenvalue weighted by Crippen LogP contribution is 2.66. The largest absolute Gasteiger partial charge is 0.507 e. The van der Waals surface area contributed by atoms with E-state index >= 15 is 0 Å². The van der Waals surface area contributed by atoms with E-state index in [0.29, 0.717) is 17.7 Å². The first kappa shape index (κ1) is 30.8. The van der Waals surface area contributed by atoms with E-state index < -0.39 is 63.9 Å². The van der Waals surface area contributed by atoms with E-state index in [-0.39, 0.29) is 36.0 Å². The molecule has 3 aliphatic rings. The van der Waals surface area contributed by atoms with Crippen LogP contribution in [0.3, 0.4) is 0 Å². The lowest BCUT2D eigenvalue weighted by Crippen LogP contribution is -2.79. The summed E-state index contributed by atoms with van der Waals surface area (Å²) in [6.45, 7) is 8.87. The van der Waals surface area contributed by atoms with Gasteiger partial charge in [-0.15, -0.1) is 0 Å². The smallest absolute Gasteiger partial charge is 0.230 e. The highest BCUT2D eigenvalue weighted by molar-refractivity contribution is 6.09. The molecular formula is C33H40N2O8. The van der Waals surface area contributed by atoms with Crippen LogP contribution in [-0.4, -0.2) is 61.6 Å². The number of phenols is 1. The van der Waals surface area contributed by atoms with Crippen molar-refractivity contribution in [3.05, 3.63) is 53.1 Å². The third-order valence-corrected chi connectivity index (χ3v) is 10.5. The lowest BCUT2D eigenvalue weighted by Gasteiger charge is -2.66. The number of carbonyl (C=O) groups excluding carboxylic acids is 4. The summed E-state index contributed by atoms with van der Waals surface area (Å²) >= 11 is 0. The van der Waals surface area contributed by atoms with Crippen molar-refractivity contribution in [2.45, 2.75) is 71.8 Å². The molecule has 2 fully saturated rings. The number of benzene rings is 2. The van der Waals surface area contributed by atoms with Crippen molar-refractivity contribution in [2.75, 3.05) is 0 Å². The second-order valence-electron chi connectivity index (χ2n) is 13.6. The number of aliphatic hydroxyl groups excluding tert-OH is 2. The average Bonchev–Trinajstić information content (AvgIpc) is 2.89. The molecule has 7 N–H and O–H groups in total. The van der Waals surface area contributed by atoms with Crippen LogP contribution < -0.4 is 11.1 Å². The van der Waals surface area contributed by atoms with Crippen LogP contribution in [0.1, 0.15) is 62.5 Å². The number of nitrogens with one attached hydrogen (secondary N) is 1. The van der Waals surface area contributed by atoms with Crippen LogP contribution in [-0.2, 0) is 27.3 Å². The van der Waals surface area contributed by atoms with Gasteiger partial charge in [0.1, 0.15) is 17.8 Å². The number of hydrogen-bond acceptors (Lipinski definition) is 8. The quantitative estimate of drug-likeness (QED) is 0.284. The highest BCUT2D eigenvalue weighted by Gasteiger charge is 2.75. The van der Waals surface area contributed by atoms with Crippen LogP contribution in [0, 0.1) is 34.5 Å². The van der Waals surface area contributed by atoms with Gasteiger partial charge in [-0.2, -0.15) is 0 Å². The molecular weight excluding hydrogens is 552 g/mol. The summed E-state index contributed by atoms with van der Waals surface area (Å²) in [4.78, 5) is 51.8. The predicted octanol–water partition coefficient (Wildman–Crippen LogP) is 1.88. The average molecular weight is 593 g/mol. The van der Waals surface area contributed by atoms with Crippen molar-refractivity contribution < 1.29 is 39.6 Å². The Bertz CT molecular complexity index is 1520. The summed E-state index contributed by atoms with van der Waals surface area (Å²) in [7, 11) is 0. The Labute approximate surface area is 250 Å². The minimum Gasteiger partial charge on any atom is -0.507 e. The van der Waals surface area contributed by atoms with E-state index in [1.54, 1.807) is 26.8 Å². The first-order chi connectivity index (χ1) is 20.0. The molecule has 0 aliphatic heterocycles. The molecule has 43 heavy (non-hydrogen) atoms. The van der Waals surface area contributed by atoms with Crippen molar-refractivity contribution in [1.82, 2.24) is 5.32 Å². The summed E-state index contributed by atoms with van der Waals surface area (Å²) in [5.74, 6) is -7.38. The Kier molecular flexibility index (Phi) is 7.35.